The third-order valence-corrected chi connectivity index (χ3v) is 3.61. The second-order valence-electron chi connectivity index (χ2n) is 5.94. The summed E-state index contributed by atoms with van der Waals surface area (Å²) < 4.78 is 2.07. The molecule has 0 saturated carbocycles. The molecule has 0 aliphatic carbocycles. The number of amides is 2. The van der Waals surface area contributed by atoms with Crippen molar-refractivity contribution in [2.24, 2.45) is 5.92 Å². The molecule has 0 bridgehead atoms. The Labute approximate surface area is 134 Å². The second-order valence-corrected chi connectivity index (χ2v) is 5.94. The number of rotatable bonds is 5. The fourth-order valence-corrected chi connectivity index (χ4v) is 2.59. The molecule has 2 aromatic heterocycles. The van der Waals surface area contributed by atoms with Crippen LogP contribution in [0.15, 0.2) is 42.9 Å². The van der Waals surface area contributed by atoms with Gasteiger partial charge in [0.25, 0.3) is 0 Å². The van der Waals surface area contributed by atoms with Gasteiger partial charge in [0.1, 0.15) is 5.82 Å². The Morgan fingerprint density at radius 3 is 3.04 bits per heavy atom. The Kier molecular flexibility index (Phi) is 4.32. The van der Waals surface area contributed by atoms with Gasteiger partial charge in [0, 0.05) is 36.0 Å². The van der Waals surface area contributed by atoms with Gasteiger partial charge in [0.05, 0.1) is 12.2 Å². The van der Waals surface area contributed by atoms with Crippen LogP contribution in [-0.4, -0.2) is 20.6 Å². The number of urea groups is 1. The summed E-state index contributed by atoms with van der Waals surface area (Å²) in [5.74, 6) is 1.39. The van der Waals surface area contributed by atoms with Crippen molar-refractivity contribution in [3.63, 3.8) is 0 Å². The van der Waals surface area contributed by atoms with E-state index in [2.05, 4.69) is 39.0 Å². The van der Waals surface area contributed by atoms with Crippen LogP contribution in [0.2, 0.25) is 0 Å². The van der Waals surface area contributed by atoms with Gasteiger partial charge in [-0.1, -0.05) is 19.9 Å². The minimum atomic E-state index is -0.238. The summed E-state index contributed by atoms with van der Waals surface area (Å²) in [5, 5.41) is 6.74. The van der Waals surface area contributed by atoms with E-state index in [1.54, 1.807) is 6.20 Å². The Morgan fingerprint density at radius 1 is 1.35 bits per heavy atom. The fourth-order valence-electron chi connectivity index (χ4n) is 2.59. The van der Waals surface area contributed by atoms with Gasteiger partial charge in [0.15, 0.2) is 0 Å². The Balaban J connectivity index is 1.62. The molecule has 3 N–H and O–H groups in total. The van der Waals surface area contributed by atoms with Crippen LogP contribution in [0, 0.1) is 5.92 Å². The van der Waals surface area contributed by atoms with E-state index >= 15 is 0 Å². The van der Waals surface area contributed by atoms with Crippen molar-refractivity contribution >= 4 is 22.6 Å². The SMILES string of the molecule is CC(C)Cn1ccnc1CNC(=O)Nc1cccc2[nH]ccc12. The summed E-state index contributed by atoms with van der Waals surface area (Å²) in [4.78, 5) is 19.6. The number of nitrogens with zero attached hydrogens (tertiary/aromatic N) is 2. The zero-order chi connectivity index (χ0) is 16.2. The first-order valence-corrected chi connectivity index (χ1v) is 7.74. The number of anilines is 1. The molecule has 0 aliphatic rings. The van der Waals surface area contributed by atoms with Gasteiger partial charge in [-0.25, -0.2) is 9.78 Å². The van der Waals surface area contributed by atoms with Crippen LogP contribution in [0.4, 0.5) is 10.5 Å². The normalized spacial score (nSPS) is 11.1. The highest BCUT2D eigenvalue weighted by Gasteiger charge is 2.08. The first-order valence-electron chi connectivity index (χ1n) is 7.74. The lowest BCUT2D eigenvalue weighted by atomic mass is 10.2. The number of hydrogen-bond donors (Lipinski definition) is 3. The van der Waals surface area contributed by atoms with Crippen LogP contribution >= 0.6 is 0 Å². The van der Waals surface area contributed by atoms with Gasteiger partial charge < -0.3 is 20.2 Å². The molecule has 6 heteroatoms. The quantitative estimate of drug-likeness (QED) is 0.676. The van der Waals surface area contributed by atoms with E-state index < -0.39 is 0 Å². The molecule has 120 valence electrons. The number of aromatic amines is 1. The number of fused-ring (bicyclic) bond motifs is 1. The molecular weight excluding hydrogens is 290 g/mol. The predicted octanol–water partition coefficient (Wildman–Crippen LogP) is 3.34. The summed E-state index contributed by atoms with van der Waals surface area (Å²) in [5.41, 5.74) is 1.78. The smallest absolute Gasteiger partial charge is 0.319 e. The maximum atomic E-state index is 12.1. The first kappa shape index (κ1) is 15.1. The fraction of sp³-hybridized carbons (Fsp3) is 0.294. The summed E-state index contributed by atoms with van der Waals surface area (Å²) in [6.07, 6.45) is 5.56. The molecule has 0 aliphatic heterocycles. The van der Waals surface area contributed by atoms with Crippen molar-refractivity contribution in [3.8, 4) is 0 Å². The van der Waals surface area contributed by atoms with Crippen molar-refractivity contribution in [2.45, 2.75) is 26.9 Å². The number of H-pyrrole nitrogens is 1. The molecule has 1 aromatic carbocycles. The number of imidazole rings is 1. The summed E-state index contributed by atoms with van der Waals surface area (Å²) in [7, 11) is 0. The molecular formula is C17H21N5O. The number of aromatic nitrogens is 3. The molecule has 0 radical (unpaired) electrons. The van der Waals surface area contributed by atoms with Crippen LogP contribution in [0.1, 0.15) is 19.7 Å². The van der Waals surface area contributed by atoms with E-state index in [1.807, 2.05) is 36.7 Å². The van der Waals surface area contributed by atoms with Crippen molar-refractivity contribution in [1.82, 2.24) is 19.9 Å². The topological polar surface area (TPSA) is 74.7 Å². The molecule has 2 heterocycles. The highest BCUT2D eigenvalue weighted by atomic mass is 16.2. The van der Waals surface area contributed by atoms with Crippen LogP contribution in [-0.2, 0) is 13.1 Å². The highest BCUT2D eigenvalue weighted by Crippen LogP contribution is 2.21. The summed E-state index contributed by atoms with van der Waals surface area (Å²) in [6, 6.07) is 7.47. The van der Waals surface area contributed by atoms with Crippen molar-refractivity contribution in [2.75, 3.05) is 5.32 Å². The van der Waals surface area contributed by atoms with Crippen molar-refractivity contribution in [3.05, 3.63) is 48.7 Å². The van der Waals surface area contributed by atoms with E-state index in [0.29, 0.717) is 12.5 Å². The van der Waals surface area contributed by atoms with Crippen LogP contribution in [0.5, 0.6) is 0 Å². The van der Waals surface area contributed by atoms with E-state index in [-0.39, 0.29) is 6.03 Å². The largest absolute Gasteiger partial charge is 0.361 e. The Morgan fingerprint density at radius 2 is 2.22 bits per heavy atom. The Hall–Kier alpha value is -2.76. The van der Waals surface area contributed by atoms with Gasteiger partial charge in [-0.15, -0.1) is 0 Å². The molecule has 2 amide bonds. The molecule has 0 unspecified atom stereocenters. The van der Waals surface area contributed by atoms with Gasteiger partial charge in [-0.05, 0) is 24.1 Å². The van der Waals surface area contributed by atoms with E-state index in [9.17, 15) is 4.79 Å². The average molecular weight is 311 g/mol. The van der Waals surface area contributed by atoms with Gasteiger partial charge in [0.2, 0.25) is 0 Å². The third kappa shape index (κ3) is 3.53. The molecule has 3 aromatic rings. The molecule has 0 fully saturated rings. The van der Waals surface area contributed by atoms with E-state index in [4.69, 9.17) is 0 Å². The zero-order valence-corrected chi connectivity index (χ0v) is 13.3. The number of nitrogens with one attached hydrogen (secondary N) is 3. The summed E-state index contributed by atoms with van der Waals surface area (Å²) in [6.45, 7) is 5.60. The standard InChI is InChI=1S/C17H21N5O/c1-12(2)11-22-9-8-19-16(22)10-20-17(23)21-15-5-3-4-14-13(15)6-7-18-14/h3-9,12,18H,10-11H2,1-2H3,(H2,20,21,23). The molecule has 23 heavy (non-hydrogen) atoms. The van der Waals surface area contributed by atoms with Crippen molar-refractivity contribution in [1.29, 1.82) is 0 Å². The van der Waals surface area contributed by atoms with E-state index in [1.165, 1.54) is 0 Å². The molecule has 6 nitrogen and oxygen atoms in total. The minimum Gasteiger partial charge on any atom is -0.361 e. The second kappa shape index (κ2) is 6.56. The monoisotopic (exact) mass is 311 g/mol. The number of carbonyl (C=O) groups excluding carboxylic acids is 1. The highest BCUT2D eigenvalue weighted by molar-refractivity contribution is 6.00. The van der Waals surface area contributed by atoms with Crippen LogP contribution < -0.4 is 10.6 Å². The van der Waals surface area contributed by atoms with Crippen LogP contribution in [0.25, 0.3) is 10.9 Å². The summed E-state index contributed by atoms with van der Waals surface area (Å²) >= 11 is 0. The molecule has 0 atom stereocenters. The third-order valence-electron chi connectivity index (χ3n) is 3.61. The lowest BCUT2D eigenvalue weighted by Crippen LogP contribution is -2.29. The maximum Gasteiger partial charge on any atom is 0.319 e. The lowest BCUT2D eigenvalue weighted by molar-refractivity contribution is 0.251. The van der Waals surface area contributed by atoms with Crippen molar-refractivity contribution < 1.29 is 4.79 Å². The van der Waals surface area contributed by atoms with Gasteiger partial charge in [-0.2, -0.15) is 0 Å². The average Bonchev–Trinajstić information content (AvgIpc) is 3.14. The number of hydrogen-bond acceptors (Lipinski definition) is 2. The zero-order valence-electron chi connectivity index (χ0n) is 13.3. The number of carbonyl (C=O) groups is 1. The molecule has 3 rings (SSSR count). The molecule has 0 spiro atoms. The van der Waals surface area contributed by atoms with Gasteiger partial charge >= 0.3 is 6.03 Å². The maximum absolute atomic E-state index is 12.1. The number of benzene rings is 1. The lowest BCUT2D eigenvalue weighted by Gasteiger charge is -2.12. The molecule has 0 saturated heterocycles. The predicted molar refractivity (Wildman–Crippen MR) is 91.2 cm³/mol. The van der Waals surface area contributed by atoms with E-state index in [0.717, 1.165) is 29.0 Å². The van der Waals surface area contributed by atoms with Crippen LogP contribution in [0.3, 0.4) is 0 Å². The first-order chi connectivity index (χ1) is 11.1. The Bertz CT molecular complexity index is 802. The van der Waals surface area contributed by atoms with Gasteiger partial charge in [-0.3, -0.25) is 0 Å². The minimum absolute atomic E-state index is 0.238.